The van der Waals surface area contributed by atoms with Crippen LogP contribution < -0.4 is 0 Å². The van der Waals surface area contributed by atoms with Crippen LogP contribution in [-0.4, -0.2) is 20.6 Å². The van der Waals surface area contributed by atoms with Crippen molar-refractivity contribution in [2.75, 3.05) is 0 Å². The third-order valence-corrected chi connectivity index (χ3v) is 3.71. The van der Waals surface area contributed by atoms with Crippen molar-refractivity contribution in [3.63, 3.8) is 0 Å². The molecule has 4 nitrogen and oxygen atoms in total. The topological polar surface area (TPSA) is 55.1 Å². The van der Waals surface area contributed by atoms with Gasteiger partial charge in [-0.15, -0.1) is 0 Å². The first-order valence-electron chi connectivity index (χ1n) is 6.25. The van der Waals surface area contributed by atoms with Crippen LogP contribution in [0.5, 0.6) is 0 Å². The molecule has 0 bridgehead atoms. The summed E-state index contributed by atoms with van der Waals surface area (Å²) in [5.74, 6) is -0.976. The summed E-state index contributed by atoms with van der Waals surface area (Å²) in [5.41, 5.74) is 3.04. The third kappa shape index (κ3) is 2.12. The van der Waals surface area contributed by atoms with E-state index in [0.717, 1.165) is 37.1 Å². The van der Waals surface area contributed by atoms with Gasteiger partial charge in [-0.2, -0.15) is 0 Å². The number of carboxylic acids is 1. The second-order valence-electron chi connectivity index (χ2n) is 4.68. The summed E-state index contributed by atoms with van der Waals surface area (Å²) in [6, 6.07) is 4.93. The van der Waals surface area contributed by atoms with Gasteiger partial charge in [0.2, 0.25) is 0 Å². The van der Waals surface area contributed by atoms with Crippen molar-refractivity contribution in [2.24, 2.45) is 0 Å². The Morgan fingerprint density at radius 2 is 2.11 bits per heavy atom. The van der Waals surface area contributed by atoms with Gasteiger partial charge in [-0.25, -0.2) is 9.78 Å². The summed E-state index contributed by atoms with van der Waals surface area (Å²) in [7, 11) is 0. The van der Waals surface area contributed by atoms with Crippen LogP contribution in [0.3, 0.4) is 0 Å². The minimum Gasteiger partial charge on any atom is -0.478 e. The molecule has 0 amide bonds. The van der Waals surface area contributed by atoms with Crippen molar-refractivity contribution >= 4 is 17.6 Å². The first kappa shape index (κ1) is 12.2. The van der Waals surface area contributed by atoms with Gasteiger partial charge in [-0.05, 0) is 43.9 Å². The van der Waals surface area contributed by atoms with Crippen molar-refractivity contribution in [1.82, 2.24) is 9.55 Å². The summed E-state index contributed by atoms with van der Waals surface area (Å²) in [6.45, 7) is 0. The lowest BCUT2D eigenvalue weighted by Gasteiger charge is -2.15. The van der Waals surface area contributed by atoms with E-state index >= 15 is 0 Å². The van der Waals surface area contributed by atoms with E-state index in [0.29, 0.717) is 10.7 Å². The highest BCUT2D eigenvalue weighted by Crippen LogP contribution is 2.26. The number of hydrogen-bond donors (Lipinski definition) is 1. The van der Waals surface area contributed by atoms with E-state index in [4.69, 9.17) is 11.6 Å². The van der Waals surface area contributed by atoms with E-state index in [-0.39, 0.29) is 5.56 Å². The first-order valence-corrected chi connectivity index (χ1v) is 6.63. The predicted molar refractivity (Wildman–Crippen MR) is 72.2 cm³/mol. The highest BCUT2D eigenvalue weighted by Gasteiger charge is 2.19. The van der Waals surface area contributed by atoms with E-state index in [1.165, 1.54) is 6.07 Å². The van der Waals surface area contributed by atoms with Gasteiger partial charge >= 0.3 is 5.97 Å². The molecule has 5 heteroatoms. The largest absolute Gasteiger partial charge is 0.478 e. The Bertz CT molecular complexity index is 649. The van der Waals surface area contributed by atoms with Gasteiger partial charge in [0.05, 0.1) is 23.3 Å². The van der Waals surface area contributed by atoms with Crippen LogP contribution in [-0.2, 0) is 12.8 Å². The Morgan fingerprint density at radius 1 is 1.32 bits per heavy atom. The number of hydrogen-bond acceptors (Lipinski definition) is 2. The van der Waals surface area contributed by atoms with Crippen LogP contribution >= 0.6 is 11.6 Å². The Kier molecular flexibility index (Phi) is 3.03. The van der Waals surface area contributed by atoms with Crippen molar-refractivity contribution in [2.45, 2.75) is 25.7 Å². The van der Waals surface area contributed by atoms with E-state index < -0.39 is 5.97 Å². The monoisotopic (exact) mass is 276 g/mol. The lowest BCUT2D eigenvalue weighted by Crippen LogP contribution is -2.10. The van der Waals surface area contributed by atoms with E-state index in [1.54, 1.807) is 18.5 Å². The summed E-state index contributed by atoms with van der Waals surface area (Å²) in [5, 5.41) is 9.73. The van der Waals surface area contributed by atoms with Gasteiger partial charge in [0, 0.05) is 10.7 Å². The number of benzene rings is 1. The van der Waals surface area contributed by atoms with Crippen LogP contribution in [0.25, 0.3) is 5.69 Å². The lowest BCUT2D eigenvalue weighted by atomic mass is 10.0. The molecular weight excluding hydrogens is 264 g/mol. The van der Waals surface area contributed by atoms with Crippen molar-refractivity contribution in [3.05, 3.63) is 46.5 Å². The number of aromatic nitrogens is 2. The van der Waals surface area contributed by atoms with Gasteiger partial charge in [0.25, 0.3) is 0 Å². The minimum absolute atomic E-state index is 0.207. The van der Waals surface area contributed by atoms with Gasteiger partial charge in [-0.3, -0.25) is 0 Å². The quantitative estimate of drug-likeness (QED) is 0.917. The standard InChI is InChI=1S/C14H13ClN2O2/c15-9-5-6-12(10(7-9)14(18)19)17-8-16-11-3-1-2-4-13(11)17/h5-8H,1-4H2,(H,18,19). The number of aromatic carboxylic acids is 1. The zero-order valence-corrected chi connectivity index (χ0v) is 11.0. The molecule has 1 aliphatic rings. The molecule has 1 aromatic carbocycles. The number of nitrogens with zero attached hydrogens (tertiary/aromatic N) is 2. The smallest absolute Gasteiger partial charge is 0.337 e. The van der Waals surface area contributed by atoms with Crippen LogP contribution in [0.1, 0.15) is 34.6 Å². The Hall–Kier alpha value is -1.81. The number of imidazole rings is 1. The van der Waals surface area contributed by atoms with Gasteiger partial charge < -0.3 is 9.67 Å². The normalized spacial score (nSPS) is 14.2. The molecule has 0 atom stereocenters. The summed E-state index contributed by atoms with van der Waals surface area (Å²) in [6.07, 6.45) is 5.89. The molecule has 1 aromatic heterocycles. The molecule has 1 N–H and O–H groups in total. The number of halogens is 1. The molecule has 0 unspecified atom stereocenters. The minimum atomic E-state index is -0.976. The van der Waals surface area contributed by atoms with Crippen molar-refractivity contribution in [3.8, 4) is 5.69 Å². The van der Waals surface area contributed by atoms with Crippen molar-refractivity contribution < 1.29 is 9.90 Å². The maximum absolute atomic E-state index is 11.3. The number of fused-ring (bicyclic) bond motifs is 1. The number of carboxylic acid groups (broad SMARTS) is 1. The summed E-state index contributed by atoms with van der Waals surface area (Å²) >= 11 is 5.88. The van der Waals surface area contributed by atoms with Gasteiger partial charge in [-0.1, -0.05) is 11.6 Å². The number of aryl methyl sites for hydroxylation is 1. The first-order chi connectivity index (χ1) is 9.16. The summed E-state index contributed by atoms with van der Waals surface area (Å²) < 4.78 is 1.88. The fourth-order valence-electron chi connectivity index (χ4n) is 2.57. The SMILES string of the molecule is O=C(O)c1cc(Cl)ccc1-n1cnc2c1CCCC2. The number of rotatable bonds is 2. The molecule has 0 saturated heterocycles. The van der Waals surface area contributed by atoms with Crippen LogP contribution in [0, 0.1) is 0 Å². The average molecular weight is 277 g/mol. The fraction of sp³-hybridized carbons (Fsp3) is 0.286. The Balaban J connectivity index is 2.17. The van der Waals surface area contributed by atoms with E-state index in [2.05, 4.69) is 4.98 Å². The Labute approximate surface area is 115 Å². The molecule has 1 aliphatic carbocycles. The molecule has 0 aliphatic heterocycles. The fourth-order valence-corrected chi connectivity index (χ4v) is 2.74. The molecule has 0 fully saturated rings. The lowest BCUT2D eigenvalue weighted by molar-refractivity contribution is 0.0697. The molecule has 3 rings (SSSR count). The van der Waals surface area contributed by atoms with Crippen LogP contribution in [0.2, 0.25) is 5.02 Å². The molecule has 98 valence electrons. The molecule has 0 spiro atoms. The second-order valence-corrected chi connectivity index (χ2v) is 5.12. The zero-order chi connectivity index (χ0) is 13.4. The van der Waals surface area contributed by atoms with E-state index in [9.17, 15) is 9.90 Å². The summed E-state index contributed by atoms with van der Waals surface area (Å²) in [4.78, 5) is 15.7. The second kappa shape index (κ2) is 4.70. The van der Waals surface area contributed by atoms with Gasteiger partial charge in [0.1, 0.15) is 0 Å². The van der Waals surface area contributed by atoms with Gasteiger partial charge in [0.15, 0.2) is 0 Å². The average Bonchev–Trinajstić information content (AvgIpc) is 2.82. The third-order valence-electron chi connectivity index (χ3n) is 3.48. The van der Waals surface area contributed by atoms with E-state index in [1.807, 2.05) is 4.57 Å². The highest BCUT2D eigenvalue weighted by molar-refractivity contribution is 6.31. The predicted octanol–water partition coefficient (Wildman–Crippen LogP) is 3.10. The molecule has 0 saturated carbocycles. The molecule has 0 radical (unpaired) electrons. The number of carbonyl (C=O) groups is 1. The molecular formula is C14H13ClN2O2. The Morgan fingerprint density at radius 3 is 2.89 bits per heavy atom. The highest BCUT2D eigenvalue weighted by atomic mass is 35.5. The molecule has 1 heterocycles. The van der Waals surface area contributed by atoms with Crippen LogP contribution in [0.15, 0.2) is 24.5 Å². The van der Waals surface area contributed by atoms with Crippen molar-refractivity contribution in [1.29, 1.82) is 0 Å². The zero-order valence-electron chi connectivity index (χ0n) is 10.3. The maximum Gasteiger partial charge on any atom is 0.337 e. The maximum atomic E-state index is 11.3. The molecule has 2 aromatic rings. The molecule has 19 heavy (non-hydrogen) atoms. The van der Waals surface area contributed by atoms with Crippen LogP contribution in [0.4, 0.5) is 0 Å².